The number of carboxylic acids is 1. The fraction of sp³-hybridized carbons (Fsp3) is 0.529. The number of carbonyl (C=O) groups is 2. The Balaban J connectivity index is 1.61. The molecule has 2 amide bonds. The molecule has 1 aromatic carbocycles. The Morgan fingerprint density at radius 3 is 2.57 bits per heavy atom. The van der Waals surface area contributed by atoms with E-state index in [-0.39, 0.29) is 18.6 Å². The molecule has 1 aliphatic heterocycles. The maximum Gasteiger partial charge on any atom is 0.317 e. The summed E-state index contributed by atoms with van der Waals surface area (Å²) in [5.41, 5.74) is 1.16. The van der Waals surface area contributed by atoms with Crippen molar-refractivity contribution in [3.8, 4) is 0 Å². The molecule has 0 bridgehead atoms. The number of carboxylic acid groups (broad SMARTS) is 1. The topological polar surface area (TPSA) is 78.9 Å². The first-order valence-corrected chi connectivity index (χ1v) is 8.05. The predicted molar refractivity (Wildman–Crippen MR) is 86.1 cm³/mol. The van der Waals surface area contributed by atoms with E-state index in [9.17, 15) is 9.59 Å². The first-order chi connectivity index (χ1) is 11.1. The minimum Gasteiger partial charge on any atom is -0.481 e. The van der Waals surface area contributed by atoms with Gasteiger partial charge in [0.15, 0.2) is 0 Å². The lowest BCUT2D eigenvalue weighted by atomic mass is 10.1. The fourth-order valence-electron chi connectivity index (χ4n) is 2.56. The second kappa shape index (κ2) is 9.15. The maximum absolute atomic E-state index is 12.0. The quantitative estimate of drug-likeness (QED) is 0.755. The Bertz CT molecular complexity index is 499. The van der Waals surface area contributed by atoms with Crippen LogP contribution < -0.4 is 5.32 Å². The van der Waals surface area contributed by atoms with E-state index in [2.05, 4.69) is 5.32 Å². The summed E-state index contributed by atoms with van der Waals surface area (Å²) in [4.78, 5) is 24.1. The van der Waals surface area contributed by atoms with Crippen LogP contribution in [0.5, 0.6) is 0 Å². The summed E-state index contributed by atoms with van der Waals surface area (Å²) in [5, 5.41) is 11.3. The number of nitrogens with one attached hydrogen (secondary N) is 1. The van der Waals surface area contributed by atoms with Gasteiger partial charge in [0.05, 0.1) is 12.7 Å². The van der Waals surface area contributed by atoms with Gasteiger partial charge in [-0.05, 0) is 24.8 Å². The third kappa shape index (κ3) is 6.28. The summed E-state index contributed by atoms with van der Waals surface area (Å²) in [6, 6.07) is 9.94. The molecule has 0 aliphatic carbocycles. The monoisotopic (exact) mass is 320 g/mol. The van der Waals surface area contributed by atoms with Gasteiger partial charge in [-0.15, -0.1) is 0 Å². The molecule has 0 atom stereocenters. The first-order valence-electron chi connectivity index (χ1n) is 8.05. The Labute approximate surface area is 136 Å². The molecule has 2 rings (SSSR count). The summed E-state index contributed by atoms with van der Waals surface area (Å²) in [5.74, 6) is -0.837. The Hall–Kier alpha value is -2.08. The van der Waals surface area contributed by atoms with Crippen LogP contribution in [-0.4, -0.2) is 47.7 Å². The number of hydrogen-bond donors (Lipinski definition) is 2. The average molecular weight is 320 g/mol. The van der Waals surface area contributed by atoms with Gasteiger partial charge in [-0.1, -0.05) is 30.3 Å². The normalized spacial score (nSPS) is 15.4. The van der Waals surface area contributed by atoms with Crippen LogP contribution in [0, 0.1) is 0 Å². The summed E-state index contributed by atoms with van der Waals surface area (Å²) < 4.78 is 5.90. The standard InChI is InChI=1S/C17H24N2O4/c20-16(21)7-4-10-18-17(22)19-11-8-15(9-12-19)23-13-14-5-2-1-3-6-14/h1-3,5-6,15H,4,7-13H2,(H,18,22)(H,20,21). The Morgan fingerprint density at radius 1 is 1.22 bits per heavy atom. The van der Waals surface area contributed by atoms with Crippen molar-refractivity contribution in [3.05, 3.63) is 35.9 Å². The molecule has 0 saturated carbocycles. The van der Waals surface area contributed by atoms with Crippen molar-refractivity contribution < 1.29 is 19.4 Å². The van der Waals surface area contributed by atoms with Gasteiger partial charge in [0, 0.05) is 26.1 Å². The number of aliphatic carboxylic acids is 1. The summed E-state index contributed by atoms with van der Waals surface area (Å²) >= 11 is 0. The third-order valence-corrected chi connectivity index (χ3v) is 3.90. The number of nitrogens with zero attached hydrogens (tertiary/aromatic N) is 1. The van der Waals surface area contributed by atoms with E-state index in [4.69, 9.17) is 9.84 Å². The number of amides is 2. The van der Waals surface area contributed by atoms with E-state index in [1.807, 2.05) is 30.3 Å². The molecule has 1 saturated heterocycles. The number of ether oxygens (including phenoxy) is 1. The third-order valence-electron chi connectivity index (χ3n) is 3.90. The zero-order chi connectivity index (χ0) is 16.5. The SMILES string of the molecule is O=C(O)CCCNC(=O)N1CCC(OCc2ccccc2)CC1. The van der Waals surface area contributed by atoms with Gasteiger partial charge in [0.2, 0.25) is 0 Å². The van der Waals surface area contributed by atoms with Crippen molar-refractivity contribution in [2.45, 2.75) is 38.4 Å². The zero-order valence-corrected chi connectivity index (χ0v) is 13.2. The molecule has 1 aliphatic rings. The lowest BCUT2D eigenvalue weighted by Crippen LogP contribution is -2.46. The van der Waals surface area contributed by atoms with Crippen molar-refractivity contribution in [2.75, 3.05) is 19.6 Å². The van der Waals surface area contributed by atoms with E-state index >= 15 is 0 Å². The first kappa shape index (κ1) is 17.3. The van der Waals surface area contributed by atoms with Crippen LogP contribution in [0.2, 0.25) is 0 Å². The number of piperidine rings is 1. The van der Waals surface area contributed by atoms with Crippen LogP contribution >= 0.6 is 0 Å². The van der Waals surface area contributed by atoms with Crippen LogP contribution in [0.1, 0.15) is 31.2 Å². The highest BCUT2D eigenvalue weighted by molar-refractivity contribution is 5.74. The zero-order valence-electron chi connectivity index (χ0n) is 13.2. The van der Waals surface area contributed by atoms with Gasteiger partial charge in [-0.3, -0.25) is 4.79 Å². The van der Waals surface area contributed by atoms with Gasteiger partial charge in [0.25, 0.3) is 0 Å². The van der Waals surface area contributed by atoms with Crippen LogP contribution in [0.3, 0.4) is 0 Å². The molecule has 0 spiro atoms. The smallest absolute Gasteiger partial charge is 0.317 e. The van der Waals surface area contributed by atoms with E-state index < -0.39 is 5.97 Å². The van der Waals surface area contributed by atoms with E-state index in [1.165, 1.54) is 0 Å². The van der Waals surface area contributed by atoms with Gasteiger partial charge < -0.3 is 20.1 Å². The van der Waals surface area contributed by atoms with Gasteiger partial charge in [0.1, 0.15) is 0 Å². The fourth-order valence-corrected chi connectivity index (χ4v) is 2.56. The maximum atomic E-state index is 12.0. The molecule has 1 aromatic rings. The molecule has 1 fully saturated rings. The molecular weight excluding hydrogens is 296 g/mol. The lowest BCUT2D eigenvalue weighted by molar-refractivity contribution is -0.137. The van der Waals surface area contributed by atoms with E-state index in [0.29, 0.717) is 32.7 Å². The molecule has 1 heterocycles. The van der Waals surface area contributed by atoms with Gasteiger partial charge in [-0.2, -0.15) is 0 Å². The average Bonchev–Trinajstić information content (AvgIpc) is 2.58. The van der Waals surface area contributed by atoms with Crippen LogP contribution in [0.25, 0.3) is 0 Å². The number of likely N-dealkylation sites (tertiary alicyclic amines) is 1. The highest BCUT2D eigenvalue weighted by Gasteiger charge is 2.22. The highest BCUT2D eigenvalue weighted by atomic mass is 16.5. The number of rotatable bonds is 7. The second-order valence-corrected chi connectivity index (χ2v) is 5.71. The molecule has 0 unspecified atom stereocenters. The minimum absolute atomic E-state index is 0.0790. The van der Waals surface area contributed by atoms with Crippen LogP contribution in [0.4, 0.5) is 4.79 Å². The van der Waals surface area contributed by atoms with Crippen LogP contribution in [0.15, 0.2) is 30.3 Å². The molecule has 6 nitrogen and oxygen atoms in total. The number of carbonyl (C=O) groups excluding carboxylic acids is 1. The van der Waals surface area contributed by atoms with Crippen molar-refractivity contribution >= 4 is 12.0 Å². The van der Waals surface area contributed by atoms with Gasteiger partial charge >= 0.3 is 12.0 Å². The predicted octanol–water partition coefficient (Wildman–Crippen LogP) is 2.24. The van der Waals surface area contributed by atoms with Crippen molar-refractivity contribution in [1.82, 2.24) is 10.2 Å². The molecule has 0 aromatic heterocycles. The Morgan fingerprint density at radius 2 is 1.91 bits per heavy atom. The minimum atomic E-state index is -0.837. The lowest BCUT2D eigenvalue weighted by Gasteiger charge is -2.32. The molecule has 126 valence electrons. The summed E-state index contributed by atoms with van der Waals surface area (Å²) in [6.07, 6.45) is 2.38. The van der Waals surface area contributed by atoms with Gasteiger partial charge in [-0.25, -0.2) is 4.79 Å². The van der Waals surface area contributed by atoms with Crippen LogP contribution in [-0.2, 0) is 16.1 Å². The largest absolute Gasteiger partial charge is 0.481 e. The number of hydrogen-bond acceptors (Lipinski definition) is 3. The molecule has 0 radical (unpaired) electrons. The van der Waals surface area contributed by atoms with Crippen molar-refractivity contribution in [2.24, 2.45) is 0 Å². The molecule has 6 heteroatoms. The highest BCUT2D eigenvalue weighted by Crippen LogP contribution is 2.15. The molecular formula is C17H24N2O4. The number of benzene rings is 1. The molecule has 2 N–H and O–H groups in total. The Kier molecular flexibility index (Phi) is 6.87. The van der Waals surface area contributed by atoms with Crippen molar-refractivity contribution in [1.29, 1.82) is 0 Å². The summed E-state index contributed by atoms with van der Waals surface area (Å²) in [7, 11) is 0. The number of urea groups is 1. The van der Waals surface area contributed by atoms with E-state index in [1.54, 1.807) is 4.90 Å². The van der Waals surface area contributed by atoms with Crippen molar-refractivity contribution in [3.63, 3.8) is 0 Å². The second-order valence-electron chi connectivity index (χ2n) is 5.71. The summed E-state index contributed by atoms with van der Waals surface area (Å²) in [6.45, 7) is 2.34. The van der Waals surface area contributed by atoms with E-state index in [0.717, 1.165) is 18.4 Å². The molecule has 23 heavy (non-hydrogen) atoms.